The zero-order valence-electron chi connectivity index (χ0n) is 11.6. The van der Waals surface area contributed by atoms with E-state index in [1.807, 2.05) is 29.4 Å². The molecule has 1 amide bonds. The van der Waals surface area contributed by atoms with Crippen LogP contribution in [0.25, 0.3) is 0 Å². The summed E-state index contributed by atoms with van der Waals surface area (Å²) >= 11 is 13.7. The molecule has 0 atom stereocenters. The van der Waals surface area contributed by atoms with Gasteiger partial charge in [0.1, 0.15) is 0 Å². The largest absolute Gasteiger partial charge is 0.392 e. The van der Waals surface area contributed by atoms with Crippen LogP contribution in [0.5, 0.6) is 0 Å². The van der Waals surface area contributed by atoms with Crippen LogP contribution in [0.1, 0.15) is 23.2 Å². The van der Waals surface area contributed by atoms with Crippen molar-refractivity contribution in [3.63, 3.8) is 0 Å². The van der Waals surface area contributed by atoms with Crippen molar-refractivity contribution in [2.75, 3.05) is 19.3 Å². The summed E-state index contributed by atoms with van der Waals surface area (Å²) in [5.41, 5.74) is 6.57. The monoisotopic (exact) mass is 450 g/mol. The van der Waals surface area contributed by atoms with Gasteiger partial charge >= 0.3 is 0 Å². The quantitative estimate of drug-likeness (QED) is 0.709. The van der Waals surface area contributed by atoms with Gasteiger partial charge in [-0.3, -0.25) is 4.79 Å². The minimum absolute atomic E-state index is 0.0482. The van der Waals surface area contributed by atoms with Crippen molar-refractivity contribution >= 4 is 66.7 Å². The van der Waals surface area contributed by atoms with Crippen molar-refractivity contribution in [1.29, 1.82) is 0 Å². The lowest BCUT2D eigenvalue weighted by molar-refractivity contribution is 0.0718. The predicted molar refractivity (Wildman–Crippen MR) is 100 cm³/mol. The number of hydrogen-bond acceptors (Lipinski definition) is 3. The van der Waals surface area contributed by atoms with E-state index >= 15 is 0 Å². The molecular weight excluding hydrogens is 436 g/mol. The lowest BCUT2D eigenvalue weighted by Crippen LogP contribution is -2.50. The first-order valence-corrected chi connectivity index (χ1v) is 9.71. The summed E-state index contributed by atoms with van der Waals surface area (Å²) in [5.74, 6) is 0.0482. The van der Waals surface area contributed by atoms with E-state index in [0.717, 1.165) is 21.8 Å². The van der Waals surface area contributed by atoms with Crippen LogP contribution in [0.3, 0.4) is 0 Å². The normalized spacial score (nSPS) is 17.6. The molecule has 0 radical (unpaired) electrons. The van der Waals surface area contributed by atoms with E-state index in [1.165, 1.54) is 0 Å². The Morgan fingerprint density at radius 2 is 2.00 bits per heavy atom. The Bertz CT molecular complexity index is 572. The number of rotatable bonds is 3. The predicted octanol–water partition coefficient (Wildman–Crippen LogP) is 3.84. The molecule has 0 spiro atoms. The fraction of sp³-hybridized carbons (Fsp3) is 0.429. The highest BCUT2D eigenvalue weighted by Gasteiger charge is 2.38. The van der Waals surface area contributed by atoms with Crippen LogP contribution in [0, 0.1) is 0 Å². The number of carbonyl (C=O) groups is 1. The minimum Gasteiger partial charge on any atom is -0.392 e. The summed E-state index contributed by atoms with van der Waals surface area (Å²) in [6.45, 7) is 1.36. The average molecular weight is 452 g/mol. The van der Waals surface area contributed by atoms with E-state index in [9.17, 15) is 4.79 Å². The first kappa shape index (κ1) is 17.2. The van der Waals surface area contributed by atoms with Gasteiger partial charge in [-0.05, 0) is 53.2 Å². The number of amides is 1. The Balaban J connectivity index is 2.12. The molecule has 7 heteroatoms. The molecule has 1 fully saturated rings. The van der Waals surface area contributed by atoms with Crippen LogP contribution in [-0.2, 0) is 0 Å². The Kier molecular flexibility index (Phi) is 5.73. The number of likely N-dealkylation sites (tertiary alicyclic amines) is 1. The molecular formula is C14H16Br2N2OS2. The van der Waals surface area contributed by atoms with Gasteiger partial charge in [-0.15, -0.1) is 0 Å². The standard InChI is InChI=1S/C14H16Br2N2OS2/c1-21-14(13(17)20)4-6-18(7-5-14)12(19)10-3-2-9(15)8-11(10)16/h2-3,8H,4-7H2,1H3,(H2,17,20). The van der Waals surface area contributed by atoms with Gasteiger partial charge in [0.2, 0.25) is 0 Å². The minimum atomic E-state index is -0.164. The highest BCUT2D eigenvalue weighted by molar-refractivity contribution is 9.11. The zero-order valence-corrected chi connectivity index (χ0v) is 16.4. The molecule has 0 saturated carbocycles. The van der Waals surface area contributed by atoms with Crippen molar-refractivity contribution in [3.8, 4) is 0 Å². The van der Waals surface area contributed by atoms with Crippen molar-refractivity contribution in [1.82, 2.24) is 4.90 Å². The lowest BCUT2D eigenvalue weighted by atomic mass is 9.95. The van der Waals surface area contributed by atoms with Crippen LogP contribution in [0.15, 0.2) is 27.1 Å². The first-order valence-electron chi connectivity index (χ1n) is 6.49. The molecule has 114 valence electrons. The summed E-state index contributed by atoms with van der Waals surface area (Å²) < 4.78 is 1.58. The Morgan fingerprint density at radius 1 is 1.38 bits per heavy atom. The van der Waals surface area contributed by atoms with Gasteiger partial charge < -0.3 is 10.6 Å². The van der Waals surface area contributed by atoms with Gasteiger partial charge in [0, 0.05) is 22.0 Å². The molecule has 1 aliphatic rings. The number of halogens is 2. The number of thioether (sulfide) groups is 1. The van der Waals surface area contributed by atoms with Crippen LogP contribution in [-0.4, -0.2) is 39.9 Å². The Labute approximate surface area is 151 Å². The third kappa shape index (κ3) is 3.63. The molecule has 1 saturated heterocycles. The molecule has 0 bridgehead atoms. The highest BCUT2D eigenvalue weighted by Crippen LogP contribution is 2.35. The Hall–Kier alpha value is -0.110. The first-order chi connectivity index (χ1) is 9.89. The molecule has 1 aliphatic heterocycles. The second kappa shape index (κ2) is 6.98. The zero-order chi connectivity index (χ0) is 15.6. The maximum absolute atomic E-state index is 12.6. The van der Waals surface area contributed by atoms with E-state index in [4.69, 9.17) is 18.0 Å². The lowest BCUT2D eigenvalue weighted by Gasteiger charge is -2.40. The number of thiocarbonyl (C=S) groups is 1. The van der Waals surface area contributed by atoms with Crippen molar-refractivity contribution < 1.29 is 4.79 Å². The van der Waals surface area contributed by atoms with Crippen molar-refractivity contribution in [2.24, 2.45) is 5.73 Å². The smallest absolute Gasteiger partial charge is 0.255 e. The topological polar surface area (TPSA) is 46.3 Å². The number of hydrogen-bond donors (Lipinski definition) is 1. The van der Waals surface area contributed by atoms with Crippen LogP contribution < -0.4 is 5.73 Å². The van der Waals surface area contributed by atoms with Crippen LogP contribution in [0.4, 0.5) is 0 Å². The highest BCUT2D eigenvalue weighted by atomic mass is 79.9. The van der Waals surface area contributed by atoms with Gasteiger partial charge in [-0.1, -0.05) is 28.1 Å². The second-order valence-electron chi connectivity index (χ2n) is 4.98. The molecule has 0 unspecified atom stereocenters. The van der Waals surface area contributed by atoms with Gasteiger partial charge in [0.25, 0.3) is 5.91 Å². The molecule has 1 aromatic rings. The molecule has 1 aromatic carbocycles. The molecule has 0 aromatic heterocycles. The van der Waals surface area contributed by atoms with Crippen molar-refractivity contribution in [3.05, 3.63) is 32.7 Å². The van der Waals surface area contributed by atoms with Gasteiger partial charge in [0.15, 0.2) is 0 Å². The van der Waals surface area contributed by atoms with E-state index < -0.39 is 0 Å². The number of nitrogens with zero attached hydrogens (tertiary/aromatic N) is 1. The fourth-order valence-corrected chi connectivity index (χ4v) is 4.92. The summed E-state index contributed by atoms with van der Waals surface area (Å²) in [6.07, 6.45) is 3.65. The van der Waals surface area contributed by atoms with Crippen molar-refractivity contribution in [2.45, 2.75) is 17.6 Å². The summed E-state index contributed by atoms with van der Waals surface area (Å²) in [4.78, 5) is 15.0. The number of nitrogens with two attached hydrogens (primary N) is 1. The van der Waals surface area contributed by atoms with E-state index in [0.29, 0.717) is 23.6 Å². The molecule has 2 rings (SSSR count). The molecule has 21 heavy (non-hydrogen) atoms. The molecule has 3 nitrogen and oxygen atoms in total. The fourth-order valence-electron chi connectivity index (χ4n) is 2.46. The molecule has 1 heterocycles. The van der Waals surface area contributed by atoms with Gasteiger partial charge in [-0.2, -0.15) is 11.8 Å². The third-order valence-corrected chi connectivity index (χ3v) is 6.94. The Morgan fingerprint density at radius 3 is 2.48 bits per heavy atom. The second-order valence-corrected chi connectivity index (χ2v) is 8.38. The summed E-state index contributed by atoms with van der Waals surface area (Å²) in [6, 6.07) is 5.60. The van der Waals surface area contributed by atoms with Crippen LogP contribution in [0.2, 0.25) is 0 Å². The van der Waals surface area contributed by atoms with Gasteiger partial charge in [0.05, 0.1) is 15.3 Å². The molecule has 2 N–H and O–H groups in total. The average Bonchev–Trinajstić information content (AvgIpc) is 2.46. The van der Waals surface area contributed by atoms with Gasteiger partial charge in [-0.25, -0.2) is 0 Å². The van der Waals surface area contributed by atoms with E-state index in [2.05, 4.69) is 31.9 Å². The SMILES string of the molecule is CSC1(C(N)=S)CCN(C(=O)c2ccc(Br)cc2Br)CC1. The van der Waals surface area contributed by atoms with E-state index in [-0.39, 0.29) is 10.7 Å². The molecule has 0 aliphatic carbocycles. The maximum atomic E-state index is 12.6. The third-order valence-electron chi connectivity index (χ3n) is 3.86. The maximum Gasteiger partial charge on any atom is 0.255 e. The number of piperidine rings is 1. The summed E-state index contributed by atoms with van der Waals surface area (Å²) in [5, 5.41) is 0. The summed E-state index contributed by atoms with van der Waals surface area (Å²) in [7, 11) is 0. The number of benzene rings is 1. The van der Waals surface area contributed by atoms with Crippen LogP contribution >= 0.6 is 55.8 Å². The van der Waals surface area contributed by atoms with E-state index in [1.54, 1.807) is 11.8 Å². The number of carbonyl (C=O) groups excluding carboxylic acids is 1.